The highest BCUT2D eigenvalue weighted by Crippen LogP contribution is 2.14. The molecule has 0 fully saturated rings. The van der Waals surface area contributed by atoms with Crippen LogP contribution in [0.25, 0.3) is 0 Å². The van der Waals surface area contributed by atoms with Crippen molar-refractivity contribution in [3.8, 4) is 0 Å². The Hall–Kier alpha value is -1.06. The SMILES string of the molecule is CN(C)CCCN(CCCN(C)C)c1ccccc1. The van der Waals surface area contributed by atoms with Crippen molar-refractivity contribution in [1.29, 1.82) is 0 Å². The fraction of sp³-hybridized carbons (Fsp3) is 0.625. The number of rotatable bonds is 9. The monoisotopic (exact) mass is 263 g/mol. The Bertz CT molecular complexity index is 308. The fourth-order valence-electron chi connectivity index (χ4n) is 2.16. The van der Waals surface area contributed by atoms with Crippen LogP contribution in [0.3, 0.4) is 0 Å². The summed E-state index contributed by atoms with van der Waals surface area (Å²) in [6.07, 6.45) is 2.42. The van der Waals surface area contributed by atoms with E-state index in [9.17, 15) is 0 Å². The fourth-order valence-corrected chi connectivity index (χ4v) is 2.16. The van der Waals surface area contributed by atoms with Gasteiger partial charge in [-0.2, -0.15) is 0 Å². The number of hydrogen-bond acceptors (Lipinski definition) is 3. The zero-order chi connectivity index (χ0) is 14.1. The summed E-state index contributed by atoms with van der Waals surface area (Å²) in [6, 6.07) is 10.8. The average Bonchev–Trinajstić information content (AvgIpc) is 2.37. The van der Waals surface area contributed by atoms with E-state index in [2.05, 4.69) is 73.2 Å². The maximum atomic E-state index is 2.51. The van der Waals surface area contributed by atoms with E-state index in [-0.39, 0.29) is 0 Å². The Morgan fingerprint density at radius 3 is 1.58 bits per heavy atom. The smallest absolute Gasteiger partial charge is 0.0366 e. The minimum atomic E-state index is 1.13. The standard InChI is InChI=1S/C16H29N3/c1-17(2)12-8-14-19(15-9-13-18(3)4)16-10-6-5-7-11-16/h5-7,10-11H,8-9,12-15H2,1-4H3. The van der Waals surface area contributed by atoms with E-state index < -0.39 is 0 Å². The van der Waals surface area contributed by atoms with E-state index in [1.807, 2.05) is 0 Å². The van der Waals surface area contributed by atoms with Crippen molar-refractivity contribution < 1.29 is 0 Å². The Morgan fingerprint density at radius 1 is 0.684 bits per heavy atom. The van der Waals surface area contributed by atoms with E-state index in [1.165, 1.54) is 18.5 Å². The van der Waals surface area contributed by atoms with Crippen LogP contribution in [0.15, 0.2) is 30.3 Å². The number of nitrogens with zero attached hydrogens (tertiary/aromatic N) is 3. The van der Waals surface area contributed by atoms with Gasteiger partial charge in [-0.15, -0.1) is 0 Å². The second-order valence-corrected chi connectivity index (χ2v) is 5.64. The van der Waals surface area contributed by atoms with Crippen LogP contribution in [0.5, 0.6) is 0 Å². The Kier molecular flexibility index (Phi) is 7.53. The van der Waals surface area contributed by atoms with Gasteiger partial charge in [0, 0.05) is 18.8 Å². The van der Waals surface area contributed by atoms with Crippen molar-refractivity contribution in [1.82, 2.24) is 9.80 Å². The molecule has 0 aliphatic rings. The molecule has 0 spiro atoms. The molecule has 0 aliphatic heterocycles. The van der Waals surface area contributed by atoms with Gasteiger partial charge in [0.2, 0.25) is 0 Å². The number of benzene rings is 1. The highest BCUT2D eigenvalue weighted by molar-refractivity contribution is 5.45. The highest BCUT2D eigenvalue weighted by Gasteiger charge is 2.06. The Balaban J connectivity index is 2.48. The molecule has 0 saturated heterocycles. The van der Waals surface area contributed by atoms with Crippen molar-refractivity contribution >= 4 is 5.69 Å². The van der Waals surface area contributed by atoms with Crippen LogP contribution in [-0.4, -0.2) is 64.2 Å². The van der Waals surface area contributed by atoms with Crippen molar-refractivity contribution in [2.45, 2.75) is 12.8 Å². The van der Waals surface area contributed by atoms with Crippen LogP contribution in [0, 0.1) is 0 Å². The largest absolute Gasteiger partial charge is 0.371 e. The van der Waals surface area contributed by atoms with E-state index in [0.29, 0.717) is 0 Å². The number of anilines is 1. The minimum Gasteiger partial charge on any atom is -0.371 e. The first-order chi connectivity index (χ1) is 9.09. The van der Waals surface area contributed by atoms with Crippen LogP contribution in [-0.2, 0) is 0 Å². The molecule has 0 aromatic heterocycles. The Morgan fingerprint density at radius 2 is 1.16 bits per heavy atom. The molecule has 19 heavy (non-hydrogen) atoms. The summed E-state index contributed by atoms with van der Waals surface area (Å²) in [4.78, 5) is 7.01. The predicted molar refractivity (Wildman–Crippen MR) is 85.0 cm³/mol. The minimum absolute atomic E-state index is 1.13. The van der Waals surface area contributed by atoms with Crippen molar-refractivity contribution in [3.63, 3.8) is 0 Å². The third-order valence-electron chi connectivity index (χ3n) is 3.19. The maximum Gasteiger partial charge on any atom is 0.0366 e. The molecule has 1 aromatic carbocycles. The number of hydrogen-bond donors (Lipinski definition) is 0. The molecule has 0 saturated carbocycles. The van der Waals surface area contributed by atoms with Gasteiger partial charge in [0.25, 0.3) is 0 Å². The lowest BCUT2D eigenvalue weighted by Crippen LogP contribution is -2.30. The first-order valence-electron chi connectivity index (χ1n) is 7.19. The first-order valence-corrected chi connectivity index (χ1v) is 7.19. The highest BCUT2D eigenvalue weighted by atomic mass is 15.1. The van der Waals surface area contributed by atoms with Gasteiger partial charge in [-0.1, -0.05) is 18.2 Å². The molecule has 0 amide bonds. The summed E-state index contributed by atoms with van der Waals surface area (Å²) < 4.78 is 0. The lowest BCUT2D eigenvalue weighted by molar-refractivity contribution is 0.390. The zero-order valence-corrected chi connectivity index (χ0v) is 13.0. The summed E-state index contributed by atoms with van der Waals surface area (Å²) in [5.74, 6) is 0. The molecule has 1 aromatic rings. The Labute approximate surface area is 118 Å². The zero-order valence-electron chi connectivity index (χ0n) is 13.0. The second-order valence-electron chi connectivity index (χ2n) is 5.64. The van der Waals surface area contributed by atoms with Crippen LogP contribution in [0.4, 0.5) is 5.69 Å². The van der Waals surface area contributed by atoms with Gasteiger partial charge in [-0.25, -0.2) is 0 Å². The van der Waals surface area contributed by atoms with E-state index in [4.69, 9.17) is 0 Å². The summed E-state index contributed by atoms with van der Waals surface area (Å²) in [5, 5.41) is 0. The van der Waals surface area contributed by atoms with Gasteiger partial charge in [0.1, 0.15) is 0 Å². The molecular formula is C16H29N3. The van der Waals surface area contributed by atoms with E-state index in [1.54, 1.807) is 0 Å². The lowest BCUT2D eigenvalue weighted by Gasteiger charge is -2.26. The molecule has 0 N–H and O–H groups in total. The normalized spacial score (nSPS) is 11.3. The van der Waals surface area contributed by atoms with E-state index >= 15 is 0 Å². The molecule has 3 nitrogen and oxygen atoms in total. The van der Waals surface area contributed by atoms with Crippen molar-refractivity contribution in [2.24, 2.45) is 0 Å². The summed E-state index contributed by atoms with van der Waals surface area (Å²) in [6.45, 7) is 4.57. The first kappa shape index (κ1) is 16.0. The van der Waals surface area contributed by atoms with Crippen LogP contribution >= 0.6 is 0 Å². The molecule has 0 heterocycles. The quantitative estimate of drug-likeness (QED) is 0.677. The number of para-hydroxylation sites is 1. The molecule has 108 valence electrons. The topological polar surface area (TPSA) is 9.72 Å². The van der Waals surface area contributed by atoms with Crippen LogP contribution in [0.1, 0.15) is 12.8 Å². The van der Waals surface area contributed by atoms with Gasteiger partial charge in [-0.3, -0.25) is 0 Å². The summed E-state index contributed by atoms with van der Waals surface area (Å²) >= 11 is 0. The molecule has 0 bridgehead atoms. The summed E-state index contributed by atoms with van der Waals surface area (Å²) in [5.41, 5.74) is 1.35. The maximum absolute atomic E-state index is 2.51. The van der Waals surface area contributed by atoms with Crippen molar-refractivity contribution in [2.75, 3.05) is 59.3 Å². The second kappa shape index (κ2) is 8.94. The summed E-state index contributed by atoms with van der Waals surface area (Å²) in [7, 11) is 8.55. The third kappa shape index (κ3) is 7.19. The molecule has 1 rings (SSSR count). The average molecular weight is 263 g/mol. The molecular weight excluding hydrogens is 234 g/mol. The third-order valence-corrected chi connectivity index (χ3v) is 3.19. The van der Waals surface area contributed by atoms with Crippen molar-refractivity contribution in [3.05, 3.63) is 30.3 Å². The lowest BCUT2D eigenvalue weighted by atomic mass is 10.2. The molecule has 0 radical (unpaired) electrons. The molecule has 0 aliphatic carbocycles. The van der Waals surface area contributed by atoms with E-state index in [0.717, 1.165) is 26.2 Å². The molecule has 0 atom stereocenters. The van der Waals surface area contributed by atoms with Gasteiger partial charge in [0.15, 0.2) is 0 Å². The van der Waals surface area contributed by atoms with Gasteiger partial charge in [0.05, 0.1) is 0 Å². The van der Waals surface area contributed by atoms with Gasteiger partial charge in [-0.05, 0) is 66.3 Å². The predicted octanol–water partition coefficient (Wildman–Crippen LogP) is 2.40. The molecule has 0 unspecified atom stereocenters. The molecule has 3 heteroatoms. The van der Waals surface area contributed by atoms with Gasteiger partial charge < -0.3 is 14.7 Å². The van der Waals surface area contributed by atoms with Crippen LogP contribution < -0.4 is 4.90 Å². The van der Waals surface area contributed by atoms with Crippen LogP contribution in [0.2, 0.25) is 0 Å². The van der Waals surface area contributed by atoms with Gasteiger partial charge >= 0.3 is 0 Å².